The SMILES string of the molecule is Cc1cc(Br)cc(NC[C@H](C)O)c1. The highest BCUT2D eigenvalue weighted by Gasteiger charge is 1.98. The fraction of sp³-hybridized carbons (Fsp3) is 0.400. The van der Waals surface area contributed by atoms with Gasteiger partial charge in [-0.25, -0.2) is 0 Å². The van der Waals surface area contributed by atoms with Crippen molar-refractivity contribution < 1.29 is 5.11 Å². The summed E-state index contributed by atoms with van der Waals surface area (Å²) in [5.74, 6) is 0. The van der Waals surface area contributed by atoms with Crippen LogP contribution < -0.4 is 5.32 Å². The number of halogens is 1. The maximum atomic E-state index is 9.08. The molecule has 3 heteroatoms. The zero-order valence-corrected chi connectivity index (χ0v) is 9.43. The van der Waals surface area contributed by atoms with Crippen LogP contribution in [0.5, 0.6) is 0 Å². The van der Waals surface area contributed by atoms with E-state index in [2.05, 4.69) is 21.2 Å². The molecular formula is C10H14BrNO. The lowest BCUT2D eigenvalue weighted by Crippen LogP contribution is -2.15. The van der Waals surface area contributed by atoms with Gasteiger partial charge in [-0.15, -0.1) is 0 Å². The van der Waals surface area contributed by atoms with Gasteiger partial charge in [0.1, 0.15) is 0 Å². The van der Waals surface area contributed by atoms with E-state index in [-0.39, 0.29) is 6.10 Å². The van der Waals surface area contributed by atoms with Crippen LogP contribution in [0.15, 0.2) is 22.7 Å². The first-order valence-electron chi connectivity index (χ1n) is 4.27. The minimum atomic E-state index is -0.320. The molecule has 1 rings (SSSR count). The van der Waals surface area contributed by atoms with Crippen molar-refractivity contribution in [1.82, 2.24) is 0 Å². The highest BCUT2D eigenvalue weighted by atomic mass is 79.9. The summed E-state index contributed by atoms with van der Waals surface area (Å²) in [4.78, 5) is 0. The lowest BCUT2D eigenvalue weighted by Gasteiger charge is -2.09. The van der Waals surface area contributed by atoms with Crippen molar-refractivity contribution in [2.24, 2.45) is 0 Å². The molecule has 0 aliphatic carbocycles. The molecular weight excluding hydrogens is 230 g/mol. The minimum Gasteiger partial charge on any atom is -0.392 e. The first-order valence-corrected chi connectivity index (χ1v) is 5.06. The summed E-state index contributed by atoms with van der Waals surface area (Å²) in [5.41, 5.74) is 2.23. The van der Waals surface area contributed by atoms with Gasteiger partial charge < -0.3 is 10.4 Å². The second-order valence-electron chi connectivity index (χ2n) is 3.25. The van der Waals surface area contributed by atoms with E-state index in [0.29, 0.717) is 6.54 Å². The molecule has 0 unspecified atom stereocenters. The van der Waals surface area contributed by atoms with E-state index in [1.807, 2.05) is 25.1 Å². The monoisotopic (exact) mass is 243 g/mol. The number of hydrogen-bond donors (Lipinski definition) is 2. The fourth-order valence-corrected chi connectivity index (χ4v) is 1.71. The summed E-state index contributed by atoms with van der Waals surface area (Å²) in [6.07, 6.45) is -0.320. The summed E-state index contributed by atoms with van der Waals surface area (Å²) in [6.45, 7) is 4.38. The second kappa shape index (κ2) is 4.63. The number of anilines is 1. The van der Waals surface area contributed by atoms with Gasteiger partial charge in [0.15, 0.2) is 0 Å². The minimum absolute atomic E-state index is 0.320. The summed E-state index contributed by atoms with van der Waals surface area (Å²) in [6, 6.07) is 6.09. The van der Waals surface area contributed by atoms with Crippen molar-refractivity contribution in [2.75, 3.05) is 11.9 Å². The molecule has 72 valence electrons. The average Bonchev–Trinajstić information content (AvgIpc) is 1.99. The number of rotatable bonds is 3. The van der Waals surface area contributed by atoms with Gasteiger partial charge in [-0.05, 0) is 37.6 Å². The highest BCUT2D eigenvalue weighted by Crippen LogP contribution is 2.18. The van der Waals surface area contributed by atoms with Crippen LogP contribution in [0, 0.1) is 6.92 Å². The van der Waals surface area contributed by atoms with Gasteiger partial charge in [0.2, 0.25) is 0 Å². The third-order valence-electron chi connectivity index (χ3n) is 1.64. The molecule has 0 saturated carbocycles. The molecule has 0 fully saturated rings. The average molecular weight is 244 g/mol. The molecule has 0 aliphatic rings. The van der Waals surface area contributed by atoms with E-state index in [4.69, 9.17) is 5.11 Å². The number of nitrogens with one attached hydrogen (secondary N) is 1. The predicted octanol–water partition coefficient (Wildman–Crippen LogP) is 2.55. The molecule has 0 amide bonds. The third-order valence-corrected chi connectivity index (χ3v) is 2.10. The number of aryl methyl sites for hydroxylation is 1. The summed E-state index contributed by atoms with van der Waals surface area (Å²) in [5, 5.41) is 12.2. The maximum Gasteiger partial charge on any atom is 0.0684 e. The maximum absolute atomic E-state index is 9.08. The zero-order valence-electron chi connectivity index (χ0n) is 7.84. The Balaban J connectivity index is 2.66. The molecule has 1 atom stereocenters. The Morgan fingerprint density at radius 1 is 1.46 bits per heavy atom. The fourth-order valence-electron chi connectivity index (χ4n) is 1.10. The molecule has 0 bridgehead atoms. The molecule has 0 spiro atoms. The summed E-state index contributed by atoms with van der Waals surface area (Å²) < 4.78 is 1.06. The molecule has 1 aromatic carbocycles. The summed E-state index contributed by atoms with van der Waals surface area (Å²) >= 11 is 3.42. The van der Waals surface area contributed by atoms with Crippen LogP contribution in [0.3, 0.4) is 0 Å². The van der Waals surface area contributed by atoms with Crippen molar-refractivity contribution in [1.29, 1.82) is 0 Å². The van der Waals surface area contributed by atoms with E-state index in [0.717, 1.165) is 10.2 Å². The van der Waals surface area contributed by atoms with E-state index < -0.39 is 0 Å². The zero-order chi connectivity index (χ0) is 9.84. The molecule has 0 radical (unpaired) electrons. The van der Waals surface area contributed by atoms with Gasteiger partial charge in [0.05, 0.1) is 6.10 Å². The lowest BCUT2D eigenvalue weighted by atomic mass is 10.2. The number of aliphatic hydroxyl groups is 1. The van der Waals surface area contributed by atoms with E-state index >= 15 is 0 Å². The first-order chi connectivity index (χ1) is 6.08. The molecule has 0 saturated heterocycles. The quantitative estimate of drug-likeness (QED) is 0.856. The van der Waals surface area contributed by atoms with Crippen molar-refractivity contribution in [3.8, 4) is 0 Å². The van der Waals surface area contributed by atoms with Crippen molar-refractivity contribution in [3.63, 3.8) is 0 Å². The van der Waals surface area contributed by atoms with Gasteiger partial charge >= 0.3 is 0 Å². The Hall–Kier alpha value is -0.540. The van der Waals surface area contributed by atoms with E-state index in [1.54, 1.807) is 6.92 Å². The van der Waals surface area contributed by atoms with Crippen LogP contribution >= 0.6 is 15.9 Å². The van der Waals surface area contributed by atoms with Crippen molar-refractivity contribution in [2.45, 2.75) is 20.0 Å². The van der Waals surface area contributed by atoms with Crippen LogP contribution in [0.25, 0.3) is 0 Å². The van der Waals surface area contributed by atoms with Gasteiger partial charge in [0, 0.05) is 16.7 Å². The van der Waals surface area contributed by atoms with Gasteiger partial charge in [0.25, 0.3) is 0 Å². The van der Waals surface area contributed by atoms with Crippen LogP contribution in [-0.2, 0) is 0 Å². The Kier molecular flexibility index (Phi) is 3.75. The normalized spacial score (nSPS) is 12.6. The van der Waals surface area contributed by atoms with E-state index in [9.17, 15) is 0 Å². The second-order valence-corrected chi connectivity index (χ2v) is 4.16. The lowest BCUT2D eigenvalue weighted by molar-refractivity contribution is 0.208. The topological polar surface area (TPSA) is 32.3 Å². The van der Waals surface area contributed by atoms with Crippen LogP contribution in [0.2, 0.25) is 0 Å². The summed E-state index contributed by atoms with van der Waals surface area (Å²) in [7, 11) is 0. The number of benzene rings is 1. The Morgan fingerprint density at radius 3 is 2.69 bits per heavy atom. The van der Waals surface area contributed by atoms with Crippen molar-refractivity contribution in [3.05, 3.63) is 28.2 Å². The third kappa shape index (κ3) is 3.79. The molecule has 2 N–H and O–H groups in total. The van der Waals surface area contributed by atoms with Gasteiger partial charge in [-0.3, -0.25) is 0 Å². The molecule has 2 nitrogen and oxygen atoms in total. The molecule has 0 aliphatic heterocycles. The van der Waals surface area contributed by atoms with Crippen LogP contribution in [0.4, 0.5) is 5.69 Å². The van der Waals surface area contributed by atoms with E-state index in [1.165, 1.54) is 5.56 Å². The van der Waals surface area contributed by atoms with Crippen molar-refractivity contribution >= 4 is 21.6 Å². The standard InChI is InChI=1S/C10H14BrNO/c1-7-3-9(11)5-10(4-7)12-6-8(2)13/h3-5,8,12-13H,6H2,1-2H3/t8-/m0/s1. The first kappa shape index (κ1) is 10.5. The van der Waals surface area contributed by atoms with Gasteiger partial charge in [-0.1, -0.05) is 15.9 Å². The molecule has 1 aromatic rings. The Bertz CT molecular complexity index is 266. The number of hydrogen-bond acceptors (Lipinski definition) is 2. The largest absolute Gasteiger partial charge is 0.392 e. The highest BCUT2D eigenvalue weighted by molar-refractivity contribution is 9.10. The number of aliphatic hydroxyl groups excluding tert-OH is 1. The molecule has 0 heterocycles. The smallest absolute Gasteiger partial charge is 0.0684 e. The van der Waals surface area contributed by atoms with Crippen LogP contribution in [-0.4, -0.2) is 17.8 Å². The molecule has 13 heavy (non-hydrogen) atoms. The Labute approximate surface area is 87.1 Å². The van der Waals surface area contributed by atoms with Crippen LogP contribution in [0.1, 0.15) is 12.5 Å². The molecule has 0 aromatic heterocycles. The Morgan fingerprint density at radius 2 is 2.15 bits per heavy atom. The predicted molar refractivity (Wildman–Crippen MR) is 59.0 cm³/mol. The van der Waals surface area contributed by atoms with Gasteiger partial charge in [-0.2, -0.15) is 0 Å².